The number of aryl methyl sites for hydroxylation is 1. The Morgan fingerprint density at radius 1 is 1.44 bits per heavy atom. The first kappa shape index (κ1) is 13.6. The lowest BCUT2D eigenvalue weighted by atomic mass is 10.4. The Bertz CT molecular complexity index is 539. The van der Waals surface area contributed by atoms with Crippen molar-refractivity contribution >= 4 is 50.1 Å². The van der Waals surface area contributed by atoms with Gasteiger partial charge in [-0.1, -0.05) is 15.9 Å². The predicted octanol–water partition coefficient (Wildman–Crippen LogP) is 3.94. The van der Waals surface area contributed by atoms with Crippen LogP contribution in [0.5, 0.6) is 0 Å². The summed E-state index contributed by atoms with van der Waals surface area (Å²) >= 11 is 6.37. The van der Waals surface area contributed by atoms with Crippen molar-refractivity contribution in [3.05, 3.63) is 39.8 Å². The number of anilines is 1. The van der Waals surface area contributed by atoms with Crippen molar-refractivity contribution in [1.82, 2.24) is 4.98 Å². The lowest BCUT2D eigenvalue weighted by Gasteiger charge is -2.02. The molecule has 6 heteroatoms. The summed E-state index contributed by atoms with van der Waals surface area (Å²) in [5.74, 6) is 0.359. The number of aromatic nitrogens is 1. The minimum atomic E-state index is -0.0303. The van der Waals surface area contributed by atoms with Crippen LogP contribution in [0.4, 0.5) is 5.13 Å². The van der Waals surface area contributed by atoms with Crippen LogP contribution < -0.4 is 5.32 Å². The van der Waals surface area contributed by atoms with Crippen LogP contribution in [-0.4, -0.2) is 16.6 Å². The molecule has 3 nitrogen and oxygen atoms in total. The van der Waals surface area contributed by atoms with E-state index in [4.69, 9.17) is 0 Å². The summed E-state index contributed by atoms with van der Waals surface area (Å²) < 4.78 is 1.04. The van der Waals surface area contributed by atoms with Crippen molar-refractivity contribution < 1.29 is 4.79 Å². The van der Waals surface area contributed by atoms with Gasteiger partial charge in [-0.05, 0) is 31.2 Å². The number of thiazole rings is 1. The summed E-state index contributed by atoms with van der Waals surface area (Å²) in [5.41, 5.74) is 0. The number of amides is 1. The second kappa shape index (κ2) is 6.36. The smallest absolute Gasteiger partial charge is 0.236 e. The molecule has 0 aliphatic rings. The van der Waals surface area contributed by atoms with E-state index in [2.05, 4.69) is 26.2 Å². The highest BCUT2D eigenvalue weighted by Gasteiger charge is 2.06. The Labute approximate surface area is 122 Å². The number of nitrogens with one attached hydrogen (secondary N) is 1. The Balaban J connectivity index is 1.83. The number of nitrogens with zero attached hydrogens (tertiary/aromatic N) is 1. The molecule has 0 aliphatic carbocycles. The highest BCUT2D eigenvalue weighted by molar-refractivity contribution is 9.10. The summed E-state index contributed by atoms with van der Waals surface area (Å²) in [5, 5.41) is 3.44. The van der Waals surface area contributed by atoms with Gasteiger partial charge in [0.15, 0.2) is 5.13 Å². The zero-order valence-electron chi connectivity index (χ0n) is 9.64. The molecule has 1 N–H and O–H groups in total. The molecule has 0 saturated carbocycles. The molecule has 0 spiro atoms. The van der Waals surface area contributed by atoms with Gasteiger partial charge in [-0.3, -0.25) is 4.79 Å². The number of rotatable bonds is 4. The van der Waals surface area contributed by atoms with Crippen LogP contribution in [0.1, 0.15) is 4.88 Å². The second-order valence-corrected chi connectivity index (χ2v) is 6.77. The van der Waals surface area contributed by atoms with Crippen LogP contribution in [0.2, 0.25) is 0 Å². The third-order valence-corrected chi connectivity index (χ3v) is 4.42. The normalized spacial score (nSPS) is 10.3. The van der Waals surface area contributed by atoms with E-state index in [0.717, 1.165) is 14.2 Å². The average Bonchev–Trinajstić information content (AvgIpc) is 2.74. The standard InChI is InChI=1S/C12H11BrN2OS2/c1-8-6-14-12(18-8)15-11(16)7-17-10-4-2-9(13)3-5-10/h2-6H,7H2,1H3,(H,14,15,16). The molecule has 2 aromatic rings. The summed E-state index contributed by atoms with van der Waals surface area (Å²) in [6.45, 7) is 1.96. The number of halogens is 1. The monoisotopic (exact) mass is 342 g/mol. The lowest BCUT2D eigenvalue weighted by molar-refractivity contribution is -0.113. The summed E-state index contributed by atoms with van der Waals surface area (Å²) in [4.78, 5) is 17.9. The van der Waals surface area contributed by atoms with E-state index in [1.165, 1.54) is 23.1 Å². The molecular formula is C12H11BrN2OS2. The van der Waals surface area contributed by atoms with E-state index in [0.29, 0.717) is 10.9 Å². The Kier molecular flexibility index (Phi) is 4.79. The molecule has 94 valence electrons. The molecular weight excluding hydrogens is 332 g/mol. The zero-order valence-corrected chi connectivity index (χ0v) is 12.9. The largest absolute Gasteiger partial charge is 0.301 e. The second-order valence-electron chi connectivity index (χ2n) is 3.57. The van der Waals surface area contributed by atoms with Gasteiger partial charge >= 0.3 is 0 Å². The van der Waals surface area contributed by atoms with Gasteiger partial charge in [0.2, 0.25) is 5.91 Å². The van der Waals surface area contributed by atoms with Crippen molar-refractivity contribution in [2.24, 2.45) is 0 Å². The van der Waals surface area contributed by atoms with Gasteiger partial charge in [-0.25, -0.2) is 4.98 Å². The van der Waals surface area contributed by atoms with Crippen LogP contribution >= 0.6 is 39.0 Å². The quantitative estimate of drug-likeness (QED) is 0.855. The SMILES string of the molecule is Cc1cnc(NC(=O)CSc2ccc(Br)cc2)s1. The molecule has 1 aromatic heterocycles. The highest BCUT2D eigenvalue weighted by Crippen LogP contribution is 2.21. The number of hydrogen-bond donors (Lipinski definition) is 1. The van der Waals surface area contributed by atoms with Gasteiger partial charge in [0.25, 0.3) is 0 Å². The summed E-state index contributed by atoms with van der Waals surface area (Å²) in [6.07, 6.45) is 1.75. The van der Waals surface area contributed by atoms with Gasteiger partial charge in [-0.2, -0.15) is 0 Å². The number of carbonyl (C=O) groups excluding carboxylic acids is 1. The number of thioether (sulfide) groups is 1. The minimum Gasteiger partial charge on any atom is -0.301 e. The van der Waals surface area contributed by atoms with Crippen molar-refractivity contribution in [3.63, 3.8) is 0 Å². The number of hydrogen-bond acceptors (Lipinski definition) is 4. The van der Waals surface area contributed by atoms with Crippen LogP contribution in [0.15, 0.2) is 39.8 Å². The molecule has 1 heterocycles. The zero-order chi connectivity index (χ0) is 13.0. The fraction of sp³-hybridized carbons (Fsp3) is 0.167. The Morgan fingerprint density at radius 3 is 2.78 bits per heavy atom. The molecule has 1 amide bonds. The molecule has 0 aliphatic heterocycles. The maximum absolute atomic E-state index is 11.7. The van der Waals surface area contributed by atoms with Gasteiger partial charge in [-0.15, -0.1) is 23.1 Å². The highest BCUT2D eigenvalue weighted by atomic mass is 79.9. The van der Waals surface area contributed by atoms with Crippen molar-refractivity contribution in [1.29, 1.82) is 0 Å². The van der Waals surface area contributed by atoms with E-state index in [-0.39, 0.29) is 5.91 Å². The lowest BCUT2D eigenvalue weighted by Crippen LogP contribution is -2.13. The van der Waals surface area contributed by atoms with E-state index < -0.39 is 0 Å². The maximum atomic E-state index is 11.7. The molecule has 0 unspecified atom stereocenters. The Hall–Kier alpha value is -0.850. The van der Waals surface area contributed by atoms with E-state index in [1.54, 1.807) is 6.20 Å². The topological polar surface area (TPSA) is 42.0 Å². The van der Waals surface area contributed by atoms with Gasteiger partial charge in [0.1, 0.15) is 0 Å². The molecule has 18 heavy (non-hydrogen) atoms. The predicted molar refractivity (Wildman–Crippen MR) is 80.3 cm³/mol. The minimum absolute atomic E-state index is 0.0303. The van der Waals surface area contributed by atoms with Gasteiger partial charge in [0.05, 0.1) is 5.75 Å². The third-order valence-electron chi connectivity index (χ3n) is 2.05. The first-order valence-electron chi connectivity index (χ1n) is 5.24. The third kappa shape index (κ3) is 4.12. The molecule has 0 fully saturated rings. The molecule has 0 radical (unpaired) electrons. The Morgan fingerprint density at radius 2 is 2.17 bits per heavy atom. The number of benzene rings is 1. The summed E-state index contributed by atoms with van der Waals surface area (Å²) in [7, 11) is 0. The van der Waals surface area contributed by atoms with Crippen LogP contribution in [0, 0.1) is 6.92 Å². The van der Waals surface area contributed by atoms with Crippen LogP contribution in [-0.2, 0) is 4.79 Å². The van der Waals surface area contributed by atoms with Gasteiger partial charge in [0, 0.05) is 20.4 Å². The van der Waals surface area contributed by atoms with Gasteiger partial charge < -0.3 is 5.32 Å². The van der Waals surface area contributed by atoms with E-state index in [1.807, 2.05) is 31.2 Å². The first-order valence-corrected chi connectivity index (χ1v) is 7.83. The molecule has 0 bridgehead atoms. The molecule has 2 rings (SSSR count). The fourth-order valence-electron chi connectivity index (χ4n) is 1.25. The van der Waals surface area contributed by atoms with Crippen LogP contribution in [0.25, 0.3) is 0 Å². The fourth-order valence-corrected chi connectivity index (χ4v) is 2.89. The van der Waals surface area contributed by atoms with Crippen molar-refractivity contribution in [2.75, 3.05) is 11.1 Å². The van der Waals surface area contributed by atoms with E-state index >= 15 is 0 Å². The average molecular weight is 343 g/mol. The molecule has 0 atom stereocenters. The maximum Gasteiger partial charge on any atom is 0.236 e. The molecule has 1 aromatic carbocycles. The van der Waals surface area contributed by atoms with Crippen LogP contribution in [0.3, 0.4) is 0 Å². The first-order chi connectivity index (χ1) is 8.63. The van der Waals surface area contributed by atoms with E-state index in [9.17, 15) is 4.79 Å². The summed E-state index contributed by atoms with van der Waals surface area (Å²) in [6, 6.07) is 7.89. The van der Waals surface area contributed by atoms with Crippen molar-refractivity contribution in [2.45, 2.75) is 11.8 Å². The number of carbonyl (C=O) groups is 1. The molecule has 0 saturated heterocycles. The van der Waals surface area contributed by atoms with Crippen molar-refractivity contribution in [3.8, 4) is 0 Å².